The van der Waals surface area contributed by atoms with Gasteiger partial charge in [-0.3, -0.25) is 10.1 Å². The van der Waals surface area contributed by atoms with Crippen molar-refractivity contribution in [1.29, 1.82) is 5.26 Å². The number of halogens is 2. The van der Waals surface area contributed by atoms with Gasteiger partial charge in [-0.1, -0.05) is 17.7 Å². The smallest absolute Gasteiger partial charge is 0.304 e. The standard InChI is InChI=1S/C14H8ClFN2O3/c15-11-2-1-3-14(10(11)7-17)21-8-9-4-5-13(18(19)20)12(16)6-9/h1-6H,8H2. The Morgan fingerprint density at radius 1 is 1.38 bits per heavy atom. The first-order valence-corrected chi connectivity index (χ1v) is 6.15. The molecule has 106 valence electrons. The Morgan fingerprint density at radius 3 is 2.76 bits per heavy atom. The van der Waals surface area contributed by atoms with E-state index in [0.717, 1.165) is 12.1 Å². The number of hydrogen-bond donors (Lipinski definition) is 0. The van der Waals surface area contributed by atoms with Crippen LogP contribution in [0, 0.1) is 27.3 Å². The normalized spacial score (nSPS) is 9.95. The molecule has 0 unspecified atom stereocenters. The zero-order valence-corrected chi connectivity index (χ0v) is 11.3. The summed E-state index contributed by atoms with van der Waals surface area (Å²) in [6.45, 7) is -0.0378. The van der Waals surface area contributed by atoms with Crippen molar-refractivity contribution >= 4 is 17.3 Å². The summed E-state index contributed by atoms with van der Waals surface area (Å²) in [4.78, 5) is 9.72. The second-order valence-corrected chi connectivity index (χ2v) is 4.46. The Morgan fingerprint density at radius 2 is 2.14 bits per heavy atom. The van der Waals surface area contributed by atoms with Crippen molar-refractivity contribution in [3.63, 3.8) is 0 Å². The van der Waals surface area contributed by atoms with E-state index in [1.165, 1.54) is 6.07 Å². The van der Waals surface area contributed by atoms with Crippen molar-refractivity contribution in [2.24, 2.45) is 0 Å². The van der Waals surface area contributed by atoms with E-state index in [-0.39, 0.29) is 22.9 Å². The third kappa shape index (κ3) is 3.27. The molecular formula is C14H8ClFN2O3. The molecule has 0 spiro atoms. The SMILES string of the molecule is N#Cc1c(Cl)cccc1OCc1ccc([N+](=O)[O-])c(F)c1. The van der Waals surface area contributed by atoms with Crippen LogP contribution in [0.4, 0.5) is 10.1 Å². The van der Waals surface area contributed by atoms with E-state index in [9.17, 15) is 14.5 Å². The Labute approximate surface area is 124 Å². The molecule has 0 aliphatic rings. The summed E-state index contributed by atoms with van der Waals surface area (Å²) in [6.07, 6.45) is 0. The van der Waals surface area contributed by atoms with Gasteiger partial charge in [0.25, 0.3) is 0 Å². The maximum absolute atomic E-state index is 13.5. The van der Waals surface area contributed by atoms with Gasteiger partial charge >= 0.3 is 5.69 Å². The molecule has 7 heteroatoms. The van der Waals surface area contributed by atoms with Crippen molar-refractivity contribution < 1.29 is 14.1 Å². The van der Waals surface area contributed by atoms with Crippen LogP contribution in [0.1, 0.15) is 11.1 Å². The van der Waals surface area contributed by atoms with Crippen LogP contribution in [0.25, 0.3) is 0 Å². The van der Waals surface area contributed by atoms with Gasteiger partial charge in [0.1, 0.15) is 24.0 Å². The number of ether oxygens (including phenoxy) is 1. The zero-order chi connectivity index (χ0) is 15.4. The molecule has 5 nitrogen and oxygen atoms in total. The van der Waals surface area contributed by atoms with Crippen LogP contribution in [-0.4, -0.2) is 4.92 Å². The van der Waals surface area contributed by atoms with Gasteiger partial charge in [0.05, 0.1) is 9.95 Å². The first-order chi connectivity index (χ1) is 10.0. The van der Waals surface area contributed by atoms with Gasteiger partial charge in [-0.2, -0.15) is 9.65 Å². The molecule has 2 rings (SSSR count). The minimum absolute atomic E-state index is 0.0378. The minimum atomic E-state index is -0.937. The summed E-state index contributed by atoms with van der Waals surface area (Å²) in [5.41, 5.74) is -0.0114. The summed E-state index contributed by atoms with van der Waals surface area (Å²) in [7, 11) is 0. The first kappa shape index (κ1) is 14.8. The van der Waals surface area contributed by atoms with Crippen LogP contribution >= 0.6 is 11.6 Å². The summed E-state index contributed by atoms with van der Waals surface area (Å²) >= 11 is 5.85. The highest BCUT2D eigenvalue weighted by atomic mass is 35.5. The van der Waals surface area contributed by atoms with E-state index >= 15 is 0 Å². The summed E-state index contributed by atoms with van der Waals surface area (Å²) in [6, 6.07) is 10.1. The number of rotatable bonds is 4. The summed E-state index contributed by atoms with van der Waals surface area (Å²) < 4.78 is 18.9. The molecule has 2 aromatic carbocycles. The lowest BCUT2D eigenvalue weighted by molar-refractivity contribution is -0.387. The first-order valence-electron chi connectivity index (χ1n) is 5.77. The van der Waals surface area contributed by atoms with Crippen LogP contribution in [-0.2, 0) is 6.61 Å². The van der Waals surface area contributed by atoms with Gasteiger partial charge in [-0.15, -0.1) is 0 Å². The van der Waals surface area contributed by atoms with Crippen molar-refractivity contribution in [3.8, 4) is 11.8 Å². The van der Waals surface area contributed by atoms with Gasteiger partial charge in [0.15, 0.2) is 0 Å². The lowest BCUT2D eigenvalue weighted by Crippen LogP contribution is -2.00. The van der Waals surface area contributed by atoms with E-state index in [2.05, 4.69) is 0 Å². The van der Waals surface area contributed by atoms with Crippen molar-refractivity contribution in [3.05, 3.63) is 68.5 Å². The van der Waals surface area contributed by atoms with Gasteiger partial charge < -0.3 is 4.74 Å². The second kappa shape index (κ2) is 6.20. The molecule has 0 N–H and O–H groups in total. The molecule has 21 heavy (non-hydrogen) atoms. The quantitative estimate of drug-likeness (QED) is 0.635. The molecule has 0 aliphatic heterocycles. The number of nitrogens with zero attached hydrogens (tertiary/aromatic N) is 2. The predicted octanol–water partition coefficient (Wildman–Crippen LogP) is 3.84. The number of nitro groups is 1. The average Bonchev–Trinajstić information content (AvgIpc) is 2.44. The number of nitriles is 1. The molecule has 0 bridgehead atoms. The maximum Gasteiger partial charge on any atom is 0.304 e. The second-order valence-electron chi connectivity index (χ2n) is 4.06. The van der Waals surface area contributed by atoms with Crippen LogP contribution in [0.2, 0.25) is 5.02 Å². The lowest BCUT2D eigenvalue weighted by atomic mass is 10.2. The van der Waals surface area contributed by atoms with Gasteiger partial charge in [-0.25, -0.2) is 0 Å². The van der Waals surface area contributed by atoms with E-state index in [1.54, 1.807) is 18.2 Å². The molecule has 0 aliphatic carbocycles. The van der Waals surface area contributed by atoms with Crippen LogP contribution in [0.15, 0.2) is 36.4 Å². The van der Waals surface area contributed by atoms with Crippen molar-refractivity contribution in [1.82, 2.24) is 0 Å². The molecule has 0 fully saturated rings. The van der Waals surface area contributed by atoms with Crippen LogP contribution in [0.3, 0.4) is 0 Å². The maximum atomic E-state index is 13.5. The van der Waals surface area contributed by atoms with Gasteiger partial charge in [0, 0.05) is 6.07 Å². The molecule has 0 radical (unpaired) electrons. The predicted molar refractivity (Wildman–Crippen MR) is 73.6 cm³/mol. The van der Waals surface area contributed by atoms with E-state index < -0.39 is 16.4 Å². The molecule has 0 heterocycles. The van der Waals surface area contributed by atoms with E-state index in [1.807, 2.05) is 6.07 Å². The molecular weight excluding hydrogens is 299 g/mol. The monoisotopic (exact) mass is 306 g/mol. The summed E-state index contributed by atoms with van der Waals surface area (Å²) in [5, 5.41) is 19.8. The highest BCUT2D eigenvalue weighted by molar-refractivity contribution is 6.31. The highest BCUT2D eigenvalue weighted by Crippen LogP contribution is 2.26. The van der Waals surface area contributed by atoms with E-state index in [0.29, 0.717) is 5.56 Å². The van der Waals surface area contributed by atoms with Crippen LogP contribution < -0.4 is 4.74 Å². The molecule has 2 aromatic rings. The molecule has 0 atom stereocenters. The largest absolute Gasteiger partial charge is 0.487 e. The van der Waals surface area contributed by atoms with Crippen molar-refractivity contribution in [2.45, 2.75) is 6.61 Å². The molecule has 0 saturated carbocycles. The fraction of sp³-hybridized carbons (Fsp3) is 0.0714. The topological polar surface area (TPSA) is 76.2 Å². The molecule has 0 saturated heterocycles. The highest BCUT2D eigenvalue weighted by Gasteiger charge is 2.14. The van der Waals surface area contributed by atoms with E-state index in [4.69, 9.17) is 21.6 Å². The van der Waals surface area contributed by atoms with Crippen LogP contribution in [0.5, 0.6) is 5.75 Å². The minimum Gasteiger partial charge on any atom is -0.487 e. The Kier molecular flexibility index (Phi) is 4.36. The number of nitro benzene ring substituents is 1. The lowest BCUT2D eigenvalue weighted by Gasteiger charge is -2.08. The summed E-state index contributed by atoms with van der Waals surface area (Å²) in [5.74, 6) is -0.670. The average molecular weight is 307 g/mol. The Bertz CT molecular complexity index is 743. The van der Waals surface area contributed by atoms with Gasteiger partial charge in [-0.05, 0) is 29.8 Å². The van der Waals surface area contributed by atoms with Crippen molar-refractivity contribution in [2.75, 3.05) is 0 Å². The third-order valence-electron chi connectivity index (χ3n) is 2.69. The fourth-order valence-electron chi connectivity index (χ4n) is 1.68. The molecule has 0 aromatic heterocycles. The van der Waals surface area contributed by atoms with Gasteiger partial charge in [0.2, 0.25) is 5.82 Å². The number of hydrogen-bond acceptors (Lipinski definition) is 4. The fourth-order valence-corrected chi connectivity index (χ4v) is 1.89. The third-order valence-corrected chi connectivity index (χ3v) is 3.01. The zero-order valence-electron chi connectivity index (χ0n) is 10.5. The Hall–Kier alpha value is -2.65. The number of benzene rings is 2. The Balaban J connectivity index is 2.18. The molecule has 0 amide bonds.